The normalized spacial score (nSPS) is 19.2. The second-order valence-corrected chi connectivity index (χ2v) is 8.85. The number of hydrogen-bond donors (Lipinski definition) is 2. The summed E-state index contributed by atoms with van der Waals surface area (Å²) >= 11 is 1.78. The number of thioether (sulfide) groups is 1. The topological polar surface area (TPSA) is 111 Å². The SMILES string of the molecule is COC1=CC2=C(CC1OCCCC(=O)Nc1cc(C=O)n(C)c1)N=CCSCCCNC2=O. The van der Waals surface area contributed by atoms with Gasteiger partial charge < -0.3 is 24.7 Å². The molecule has 1 aliphatic heterocycles. The standard InChI is InChI=1S/C23H30N4O5S/c1-27-14-16(11-17(27)15-28)26-22(29)5-3-8-32-21-13-19-18(12-20(21)31-2)23(30)25-6-4-9-33-10-7-24-19/h7,11-12,14-15,21H,3-6,8-10,13H2,1-2H3,(H,25,30)(H,26,29). The largest absolute Gasteiger partial charge is 0.498 e. The third-order valence-electron chi connectivity index (χ3n) is 5.28. The van der Waals surface area contributed by atoms with Crippen molar-refractivity contribution in [3.63, 3.8) is 0 Å². The highest BCUT2D eigenvalue weighted by atomic mass is 32.2. The van der Waals surface area contributed by atoms with Gasteiger partial charge in [-0.3, -0.25) is 19.4 Å². The minimum Gasteiger partial charge on any atom is -0.498 e. The van der Waals surface area contributed by atoms with E-state index in [1.807, 2.05) is 6.21 Å². The van der Waals surface area contributed by atoms with Crippen LogP contribution in [0.15, 0.2) is 40.4 Å². The van der Waals surface area contributed by atoms with Crippen molar-refractivity contribution in [3.05, 3.63) is 41.1 Å². The van der Waals surface area contributed by atoms with E-state index in [0.29, 0.717) is 54.4 Å². The number of ether oxygens (including phenoxy) is 2. The maximum Gasteiger partial charge on any atom is 0.253 e. The molecule has 0 saturated carbocycles. The molecule has 0 saturated heterocycles. The van der Waals surface area contributed by atoms with Gasteiger partial charge in [-0.2, -0.15) is 11.8 Å². The molecule has 0 radical (unpaired) electrons. The number of nitrogens with one attached hydrogen (secondary N) is 2. The lowest BCUT2D eigenvalue weighted by atomic mass is 9.98. The van der Waals surface area contributed by atoms with Gasteiger partial charge in [0.15, 0.2) is 6.29 Å². The molecule has 1 aromatic rings. The molecule has 10 heteroatoms. The number of rotatable bonds is 8. The molecule has 2 aliphatic rings. The van der Waals surface area contributed by atoms with Gasteiger partial charge in [-0.25, -0.2) is 0 Å². The van der Waals surface area contributed by atoms with Crippen molar-refractivity contribution in [2.24, 2.45) is 12.0 Å². The maximum absolute atomic E-state index is 12.6. The smallest absolute Gasteiger partial charge is 0.253 e. The fourth-order valence-electron chi connectivity index (χ4n) is 3.56. The van der Waals surface area contributed by atoms with Gasteiger partial charge in [-0.15, -0.1) is 0 Å². The second kappa shape index (κ2) is 12.4. The molecule has 0 spiro atoms. The van der Waals surface area contributed by atoms with Gasteiger partial charge in [-0.1, -0.05) is 0 Å². The first kappa shape index (κ1) is 24.8. The van der Waals surface area contributed by atoms with Crippen LogP contribution in [-0.2, 0) is 26.1 Å². The molecule has 1 atom stereocenters. The van der Waals surface area contributed by atoms with Gasteiger partial charge in [0.1, 0.15) is 11.9 Å². The zero-order valence-corrected chi connectivity index (χ0v) is 19.8. The fourth-order valence-corrected chi connectivity index (χ4v) is 4.25. The average molecular weight is 475 g/mol. The van der Waals surface area contributed by atoms with Gasteiger partial charge in [0.2, 0.25) is 5.91 Å². The first-order chi connectivity index (χ1) is 16.0. The van der Waals surface area contributed by atoms with E-state index in [9.17, 15) is 14.4 Å². The molecule has 178 valence electrons. The van der Waals surface area contributed by atoms with Crippen molar-refractivity contribution in [1.29, 1.82) is 0 Å². The predicted octanol–water partition coefficient (Wildman–Crippen LogP) is 2.45. The van der Waals surface area contributed by atoms with E-state index in [1.165, 1.54) is 0 Å². The van der Waals surface area contributed by atoms with Gasteiger partial charge in [-0.05, 0) is 30.7 Å². The molecule has 9 nitrogen and oxygen atoms in total. The lowest BCUT2D eigenvalue weighted by molar-refractivity contribution is -0.118. The molecule has 1 aliphatic carbocycles. The van der Waals surface area contributed by atoms with Crippen LogP contribution in [0.5, 0.6) is 0 Å². The Morgan fingerprint density at radius 2 is 2.30 bits per heavy atom. The van der Waals surface area contributed by atoms with Crippen molar-refractivity contribution in [1.82, 2.24) is 9.88 Å². The predicted molar refractivity (Wildman–Crippen MR) is 129 cm³/mol. The molecule has 33 heavy (non-hydrogen) atoms. The van der Waals surface area contributed by atoms with Crippen LogP contribution in [-0.4, -0.2) is 66.8 Å². The highest BCUT2D eigenvalue weighted by molar-refractivity contribution is 7.99. The molecule has 0 bridgehead atoms. The zero-order valence-electron chi connectivity index (χ0n) is 19.0. The summed E-state index contributed by atoms with van der Waals surface area (Å²) in [5, 5.41) is 5.73. The summed E-state index contributed by atoms with van der Waals surface area (Å²) in [6.07, 6.45) is 7.72. The molecule has 2 heterocycles. The Labute approximate surface area is 197 Å². The lowest BCUT2D eigenvalue weighted by Crippen LogP contribution is -2.30. The van der Waals surface area contributed by atoms with Crippen LogP contribution < -0.4 is 10.6 Å². The number of carbonyl (C=O) groups excluding carboxylic acids is 3. The van der Waals surface area contributed by atoms with Crippen molar-refractivity contribution in [2.75, 3.05) is 37.1 Å². The Hall–Kier alpha value is -2.85. The Kier molecular flexibility index (Phi) is 9.32. The summed E-state index contributed by atoms with van der Waals surface area (Å²) in [6.45, 7) is 0.974. The summed E-state index contributed by atoms with van der Waals surface area (Å²) in [6, 6.07) is 1.63. The third kappa shape index (κ3) is 7.06. The first-order valence-electron chi connectivity index (χ1n) is 10.9. The quantitative estimate of drug-likeness (QED) is 0.442. The Balaban J connectivity index is 1.54. The second-order valence-electron chi connectivity index (χ2n) is 7.70. The Morgan fingerprint density at radius 3 is 3.06 bits per heavy atom. The molecular weight excluding hydrogens is 444 g/mol. The van der Waals surface area contributed by atoms with E-state index < -0.39 is 0 Å². The molecule has 2 N–H and O–H groups in total. The Morgan fingerprint density at radius 1 is 1.45 bits per heavy atom. The van der Waals surface area contributed by atoms with E-state index >= 15 is 0 Å². The minimum atomic E-state index is -0.371. The average Bonchev–Trinajstić information content (AvgIpc) is 3.14. The highest BCUT2D eigenvalue weighted by Crippen LogP contribution is 2.28. The number of anilines is 1. The van der Waals surface area contributed by atoms with Crippen LogP contribution in [0.25, 0.3) is 0 Å². The number of aryl methyl sites for hydroxylation is 1. The van der Waals surface area contributed by atoms with Gasteiger partial charge >= 0.3 is 0 Å². The summed E-state index contributed by atoms with van der Waals surface area (Å²) in [4.78, 5) is 40.3. The van der Waals surface area contributed by atoms with Crippen LogP contribution in [0, 0.1) is 0 Å². The maximum atomic E-state index is 12.6. The molecule has 0 aromatic carbocycles. The first-order valence-corrected chi connectivity index (χ1v) is 12.1. The number of nitrogens with zero attached hydrogens (tertiary/aromatic N) is 2. The molecular formula is C23H30N4O5S. The van der Waals surface area contributed by atoms with Gasteiger partial charge in [0.25, 0.3) is 5.91 Å². The minimum absolute atomic E-state index is 0.153. The summed E-state index contributed by atoms with van der Waals surface area (Å²) in [5.74, 6) is 2.02. The van der Waals surface area contributed by atoms with Crippen molar-refractivity contribution < 1.29 is 23.9 Å². The van der Waals surface area contributed by atoms with Crippen LogP contribution in [0.2, 0.25) is 0 Å². The summed E-state index contributed by atoms with van der Waals surface area (Å²) < 4.78 is 13.1. The van der Waals surface area contributed by atoms with E-state index in [-0.39, 0.29) is 24.3 Å². The Bertz CT molecular complexity index is 966. The number of hydrogen-bond acceptors (Lipinski definition) is 7. The molecule has 1 unspecified atom stereocenters. The van der Waals surface area contributed by atoms with Crippen LogP contribution in [0.3, 0.4) is 0 Å². The number of aromatic nitrogens is 1. The van der Waals surface area contributed by atoms with E-state index in [1.54, 1.807) is 48.8 Å². The monoisotopic (exact) mass is 474 g/mol. The number of methoxy groups -OCH3 is 1. The van der Waals surface area contributed by atoms with Crippen LogP contribution in [0.1, 0.15) is 36.2 Å². The van der Waals surface area contributed by atoms with E-state index in [2.05, 4.69) is 15.6 Å². The van der Waals surface area contributed by atoms with Gasteiger partial charge in [0, 0.05) is 51.2 Å². The molecule has 2 amide bonds. The van der Waals surface area contributed by atoms with Crippen molar-refractivity contribution >= 4 is 41.8 Å². The molecule has 0 fully saturated rings. The lowest BCUT2D eigenvalue weighted by Gasteiger charge is -2.25. The summed E-state index contributed by atoms with van der Waals surface area (Å²) in [5.41, 5.74) is 2.26. The van der Waals surface area contributed by atoms with E-state index in [0.717, 1.165) is 24.2 Å². The number of carbonyl (C=O) groups is 3. The summed E-state index contributed by atoms with van der Waals surface area (Å²) in [7, 11) is 3.30. The van der Waals surface area contributed by atoms with Crippen LogP contribution in [0.4, 0.5) is 5.69 Å². The third-order valence-corrected chi connectivity index (χ3v) is 6.24. The number of aldehydes is 1. The molecule has 3 rings (SSSR count). The van der Waals surface area contributed by atoms with Crippen molar-refractivity contribution in [2.45, 2.75) is 31.8 Å². The van der Waals surface area contributed by atoms with Crippen LogP contribution >= 0.6 is 11.8 Å². The number of aliphatic imine (C=N–C) groups is 1. The van der Waals surface area contributed by atoms with E-state index in [4.69, 9.17) is 9.47 Å². The highest BCUT2D eigenvalue weighted by Gasteiger charge is 2.28. The number of amides is 2. The van der Waals surface area contributed by atoms with Gasteiger partial charge in [0.05, 0.1) is 29.8 Å². The van der Waals surface area contributed by atoms with Crippen molar-refractivity contribution in [3.8, 4) is 0 Å². The molecule has 1 aromatic heterocycles. The fraction of sp³-hybridized carbons (Fsp3) is 0.478. The zero-order chi connectivity index (χ0) is 23.6.